The fourth-order valence-electron chi connectivity index (χ4n) is 5.18. The first kappa shape index (κ1) is 16.9. The largest absolute Gasteiger partial charge is 0.456 e. The fourth-order valence-corrected chi connectivity index (χ4v) is 5.18. The van der Waals surface area contributed by atoms with Gasteiger partial charge in [-0.25, -0.2) is 0 Å². The standard InChI is InChI=1S/C30H20O/c1-2-7-27-25(6-1)26-15-10-19(18-28(26)31-27)8-9-20-16-23-13-11-21-4-3-5-22-12-14-24(17-20)30(23)29(21)22/h1-7,10-18H,8-9H2. The second-order valence-corrected chi connectivity index (χ2v) is 8.56. The molecule has 7 rings (SSSR count). The molecule has 6 aromatic carbocycles. The Bertz CT molecular complexity index is 1670. The van der Waals surface area contributed by atoms with Crippen molar-refractivity contribution in [1.29, 1.82) is 0 Å². The van der Waals surface area contributed by atoms with Gasteiger partial charge in [-0.3, -0.25) is 0 Å². The van der Waals surface area contributed by atoms with Crippen LogP contribution in [0.15, 0.2) is 101 Å². The van der Waals surface area contributed by atoms with Crippen molar-refractivity contribution < 1.29 is 4.42 Å². The van der Waals surface area contributed by atoms with E-state index in [-0.39, 0.29) is 0 Å². The highest BCUT2D eigenvalue weighted by molar-refractivity contribution is 6.23. The number of rotatable bonds is 3. The van der Waals surface area contributed by atoms with Crippen molar-refractivity contribution in [2.24, 2.45) is 0 Å². The Morgan fingerprint density at radius 3 is 1.90 bits per heavy atom. The highest BCUT2D eigenvalue weighted by Gasteiger charge is 2.10. The first-order valence-electron chi connectivity index (χ1n) is 10.9. The molecule has 1 heterocycles. The third kappa shape index (κ3) is 2.56. The van der Waals surface area contributed by atoms with Crippen molar-refractivity contribution in [3.63, 3.8) is 0 Å². The summed E-state index contributed by atoms with van der Waals surface area (Å²) >= 11 is 0. The summed E-state index contributed by atoms with van der Waals surface area (Å²) in [6.07, 6.45) is 2.02. The molecule has 0 radical (unpaired) electrons. The number of benzene rings is 6. The summed E-state index contributed by atoms with van der Waals surface area (Å²) in [6.45, 7) is 0. The minimum Gasteiger partial charge on any atom is -0.456 e. The number of fused-ring (bicyclic) bond motifs is 3. The van der Waals surface area contributed by atoms with E-state index >= 15 is 0 Å². The summed E-state index contributed by atoms with van der Waals surface area (Å²) in [5, 5.41) is 10.5. The van der Waals surface area contributed by atoms with E-state index in [1.807, 2.05) is 12.1 Å². The smallest absolute Gasteiger partial charge is 0.135 e. The van der Waals surface area contributed by atoms with Gasteiger partial charge in [0.05, 0.1) is 0 Å². The zero-order valence-corrected chi connectivity index (χ0v) is 17.1. The van der Waals surface area contributed by atoms with Crippen molar-refractivity contribution in [3.05, 3.63) is 108 Å². The Hall–Kier alpha value is -3.84. The fraction of sp³-hybridized carbons (Fsp3) is 0.0667. The molecule has 0 N–H and O–H groups in total. The van der Waals surface area contributed by atoms with Gasteiger partial charge in [0.25, 0.3) is 0 Å². The maximum absolute atomic E-state index is 6.08. The molecule has 1 aromatic heterocycles. The van der Waals surface area contributed by atoms with Gasteiger partial charge in [0.2, 0.25) is 0 Å². The van der Waals surface area contributed by atoms with Gasteiger partial charge >= 0.3 is 0 Å². The van der Waals surface area contributed by atoms with Crippen LogP contribution >= 0.6 is 0 Å². The zero-order valence-electron chi connectivity index (χ0n) is 17.1. The van der Waals surface area contributed by atoms with Gasteiger partial charge in [0.1, 0.15) is 11.2 Å². The predicted molar refractivity (Wildman–Crippen MR) is 131 cm³/mol. The van der Waals surface area contributed by atoms with Crippen LogP contribution in [0.25, 0.3) is 54.3 Å². The molecule has 146 valence electrons. The van der Waals surface area contributed by atoms with Crippen LogP contribution in [0.5, 0.6) is 0 Å². The molecular formula is C30H20O. The van der Waals surface area contributed by atoms with Crippen LogP contribution in [-0.2, 0) is 12.8 Å². The average Bonchev–Trinajstić information content (AvgIpc) is 3.19. The number of hydrogen-bond acceptors (Lipinski definition) is 1. The molecule has 1 nitrogen and oxygen atoms in total. The molecule has 0 aliphatic rings. The van der Waals surface area contributed by atoms with E-state index in [1.54, 1.807) is 0 Å². The van der Waals surface area contributed by atoms with E-state index in [0.717, 1.165) is 24.0 Å². The van der Waals surface area contributed by atoms with Crippen LogP contribution in [0.3, 0.4) is 0 Å². The molecule has 0 aliphatic carbocycles. The highest BCUT2D eigenvalue weighted by atomic mass is 16.3. The number of furan rings is 1. The number of para-hydroxylation sites is 1. The van der Waals surface area contributed by atoms with Crippen LogP contribution in [0, 0.1) is 0 Å². The van der Waals surface area contributed by atoms with Gasteiger partial charge in [-0.15, -0.1) is 0 Å². The minimum absolute atomic E-state index is 0.960. The van der Waals surface area contributed by atoms with Gasteiger partial charge in [0.15, 0.2) is 0 Å². The van der Waals surface area contributed by atoms with Crippen molar-refractivity contribution in [2.75, 3.05) is 0 Å². The molecule has 0 spiro atoms. The summed E-state index contributed by atoms with van der Waals surface area (Å²) in [4.78, 5) is 0. The lowest BCUT2D eigenvalue weighted by Crippen LogP contribution is -1.93. The van der Waals surface area contributed by atoms with Crippen LogP contribution in [0.2, 0.25) is 0 Å². The summed E-state index contributed by atoms with van der Waals surface area (Å²) in [6, 6.07) is 35.3. The van der Waals surface area contributed by atoms with E-state index in [4.69, 9.17) is 4.42 Å². The van der Waals surface area contributed by atoms with Crippen LogP contribution in [0.1, 0.15) is 11.1 Å². The minimum atomic E-state index is 0.960. The first-order valence-corrected chi connectivity index (χ1v) is 10.9. The summed E-state index contributed by atoms with van der Waals surface area (Å²) in [5.41, 5.74) is 4.64. The lowest BCUT2D eigenvalue weighted by molar-refractivity contribution is 0.668. The van der Waals surface area contributed by atoms with Crippen LogP contribution in [0.4, 0.5) is 0 Å². The Morgan fingerprint density at radius 1 is 0.452 bits per heavy atom. The van der Waals surface area contributed by atoms with Gasteiger partial charge in [-0.1, -0.05) is 84.9 Å². The normalized spacial score (nSPS) is 12.1. The number of hydrogen-bond donors (Lipinski definition) is 0. The first-order chi connectivity index (χ1) is 15.3. The molecule has 7 aromatic rings. The maximum atomic E-state index is 6.08. The van der Waals surface area contributed by atoms with Crippen LogP contribution in [-0.4, -0.2) is 0 Å². The molecule has 1 heteroatoms. The highest BCUT2D eigenvalue weighted by Crippen LogP contribution is 2.35. The molecule has 0 fully saturated rings. The van der Waals surface area contributed by atoms with Gasteiger partial charge in [0, 0.05) is 10.8 Å². The monoisotopic (exact) mass is 396 g/mol. The Balaban J connectivity index is 1.27. The molecule has 0 saturated heterocycles. The van der Waals surface area contributed by atoms with E-state index in [0.29, 0.717) is 0 Å². The van der Waals surface area contributed by atoms with E-state index < -0.39 is 0 Å². The van der Waals surface area contributed by atoms with Crippen molar-refractivity contribution in [2.45, 2.75) is 12.8 Å². The summed E-state index contributed by atoms with van der Waals surface area (Å²) < 4.78 is 6.08. The predicted octanol–water partition coefficient (Wildman–Crippen LogP) is 8.27. The number of aryl methyl sites for hydroxylation is 2. The zero-order chi connectivity index (χ0) is 20.4. The van der Waals surface area contributed by atoms with Gasteiger partial charge in [-0.05, 0) is 68.4 Å². The molecule has 31 heavy (non-hydrogen) atoms. The lowest BCUT2D eigenvalue weighted by Gasteiger charge is -2.12. The van der Waals surface area contributed by atoms with Crippen LogP contribution < -0.4 is 0 Å². The molecule has 0 atom stereocenters. The quantitative estimate of drug-likeness (QED) is 0.274. The molecule has 0 amide bonds. The van der Waals surface area contributed by atoms with E-state index in [9.17, 15) is 0 Å². The Morgan fingerprint density at radius 2 is 1.10 bits per heavy atom. The SMILES string of the molecule is c1cc2ccc3cc(CCc4ccc5c(c4)oc4ccccc45)cc4ccc(c1)c2c34. The third-order valence-corrected chi connectivity index (χ3v) is 6.67. The topological polar surface area (TPSA) is 13.1 Å². The Kier molecular flexibility index (Phi) is 3.45. The van der Waals surface area contributed by atoms with E-state index in [2.05, 4.69) is 84.9 Å². The average molecular weight is 396 g/mol. The molecular weight excluding hydrogens is 376 g/mol. The second-order valence-electron chi connectivity index (χ2n) is 8.56. The molecule has 0 saturated carbocycles. The van der Waals surface area contributed by atoms with Crippen molar-refractivity contribution in [1.82, 2.24) is 0 Å². The second kappa shape index (κ2) is 6.33. The third-order valence-electron chi connectivity index (χ3n) is 6.67. The summed E-state index contributed by atoms with van der Waals surface area (Å²) in [7, 11) is 0. The molecule has 0 aliphatic heterocycles. The maximum Gasteiger partial charge on any atom is 0.135 e. The Labute approximate surface area is 179 Å². The lowest BCUT2D eigenvalue weighted by atomic mass is 9.91. The van der Waals surface area contributed by atoms with Gasteiger partial charge in [-0.2, -0.15) is 0 Å². The molecule has 0 unspecified atom stereocenters. The summed E-state index contributed by atoms with van der Waals surface area (Å²) in [5.74, 6) is 0. The van der Waals surface area contributed by atoms with Gasteiger partial charge < -0.3 is 4.42 Å². The van der Waals surface area contributed by atoms with Crippen molar-refractivity contribution in [3.8, 4) is 0 Å². The van der Waals surface area contributed by atoms with E-state index in [1.165, 1.54) is 54.2 Å². The molecule has 0 bridgehead atoms. The van der Waals surface area contributed by atoms with Crippen molar-refractivity contribution >= 4 is 54.3 Å².